The van der Waals surface area contributed by atoms with Crippen LogP contribution in [0.3, 0.4) is 0 Å². The number of nitrogens with zero attached hydrogens (tertiary/aromatic N) is 2. The zero-order valence-corrected chi connectivity index (χ0v) is 13.2. The second-order valence-corrected chi connectivity index (χ2v) is 5.62. The van der Waals surface area contributed by atoms with E-state index in [1.807, 2.05) is 6.07 Å². The lowest BCUT2D eigenvalue weighted by Crippen LogP contribution is -2.48. The molecule has 2 heterocycles. The van der Waals surface area contributed by atoms with Crippen LogP contribution in [0.1, 0.15) is 38.3 Å². The SMILES string of the molecule is CCCNC(c1cccnc1N)C1CN(CCC)CCO1. The number of nitrogens with one attached hydrogen (secondary N) is 1. The van der Waals surface area contributed by atoms with Gasteiger partial charge in [-0.3, -0.25) is 4.90 Å². The van der Waals surface area contributed by atoms with E-state index in [1.165, 1.54) is 6.42 Å². The van der Waals surface area contributed by atoms with Crippen molar-refractivity contribution in [2.45, 2.75) is 38.8 Å². The van der Waals surface area contributed by atoms with Crippen LogP contribution in [0.15, 0.2) is 18.3 Å². The molecule has 1 fully saturated rings. The Labute approximate surface area is 127 Å². The zero-order valence-electron chi connectivity index (χ0n) is 13.2. The molecule has 5 heteroatoms. The van der Waals surface area contributed by atoms with Gasteiger partial charge in [-0.15, -0.1) is 0 Å². The summed E-state index contributed by atoms with van der Waals surface area (Å²) in [6.07, 6.45) is 4.13. The van der Waals surface area contributed by atoms with Crippen LogP contribution in [0.2, 0.25) is 0 Å². The van der Waals surface area contributed by atoms with E-state index in [-0.39, 0.29) is 12.1 Å². The minimum atomic E-state index is 0.110. The predicted octanol–water partition coefficient (Wildman–Crippen LogP) is 1.82. The van der Waals surface area contributed by atoms with Crippen LogP contribution in [-0.4, -0.2) is 48.8 Å². The van der Waals surface area contributed by atoms with Crippen molar-refractivity contribution in [1.82, 2.24) is 15.2 Å². The number of nitrogen functional groups attached to an aromatic ring is 1. The first-order valence-electron chi connectivity index (χ1n) is 8.04. The first kappa shape index (κ1) is 16.2. The van der Waals surface area contributed by atoms with E-state index >= 15 is 0 Å². The van der Waals surface area contributed by atoms with Gasteiger partial charge in [-0.1, -0.05) is 19.9 Å². The first-order valence-corrected chi connectivity index (χ1v) is 8.04. The summed E-state index contributed by atoms with van der Waals surface area (Å²) >= 11 is 0. The summed E-state index contributed by atoms with van der Waals surface area (Å²) in [5.41, 5.74) is 7.12. The molecule has 0 aliphatic carbocycles. The lowest BCUT2D eigenvalue weighted by Gasteiger charge is -2.37. The lowest BCUT2D eigenvalue weighted by molar-refractivity contribution is -0.0469. The van der Waals surface area contributed by atoms with Gasteiger partial charge < -0.3 is 15.8 Å². The van der Waals surface area contributed by atoms with E-state index < -0.39 is 0 Å². The second kappa shape index (κ2) is 8.32. The minimum absolute atomic E-state index is 0.110. The molecule has 1 aliphatic heterocycles. The molecule has 5 nitrogen and oxygen atoms in total. The number of pyridine rings is 1. The molecule has 0 spiro atoms. The van der Waals surface area contributed by atoms with E-state index in [1.54, 1.807) is 6.20 Å². The second-order valence-electron chi connectivity index (χ2n) is 5.62. The molecule has 1 aromatic rings. The summed E-state index contributed by atoms with van der Waals surface area (Å²) in [6.45, 7) is 9.22. The number of rotatable bonds is 7. The molecular formula is C16H28N4O. The topological polar surface area (TPSA) is 63.4 Å². The van der Waals surface area contributed by atoms with Gasteiger partial charge in [-0.05, 0) is 32.0 Å². The van der Waals surface area contributed by atoms with Crippen molar-refractivity contribution < 1.29 is 4.74 Å². The monoisotopic (exact) mass is 292 g/mol. The first-order chi connectivity index (χ1) is 10.3. The molecule has 118 valence electrons. The van der Waals surface area contributed by atoms with Crippen molar-refractivity contribution in [3.8, 4) is 0 Å². The molecule has 2 atom stereocenters. The third-order valence-corrected chi connectivity index (χ3v) is 3.91. The third-order valence-electron chi connectivity index (χ3n) is 3.91. The Kier molecular flexibility index (Phi) is 6.42. The summed E-state index contributed by atoms with van der Waals surface area (Å²) in [6, 6.07) is 4.11. The van der Waals surface area contributed by atoms with Gasteiger partial charge >= 0.3 is 0 Å². The molecular weight excluding hydrogens is 264 g/mol. The summed E-state index contributed by atoms with van der Waals surface area (Å²) in [5.74, 6) is 0.599. The average molecular weight is 292 g/mol. The summed E-state index contributed by atoms with van der Waals surface area (Å²) in [4.78, 5) is 6.70. The fourth-order valence-corrected chi connectivity index (χ4v) is 2.89. The van der Waals surface area contributed by atoms with Gasteiger partial charge in [0.1, 0.15) is 5.82 Å². The van der Waals surface area contributed by atoms with Gasteiger partial charge in [-0.2, -0.15) is 0 Å². The maximum atomic E-state index is 6.07. The Hall–Kier alpha value is -1.17. The molecule has 1 aliphatic rings. The highest BCUT2D eigenvalue weighted by Gasteiger charge is 2.30. The van der Waals surface area contributed by atoms with Crippen LogP contribution in [0.25, 0.3) is 0 Å². The number of nitrogens with two attached hydrogens (primary N) is 1. The van der Waals surface area contributed by atoms with E-state index in [9.17, 15) is 0 Å². The average Bonchev–Trinajstić information content (AvgIpc) is 2.50. The van der Waals surface area contributed by atoms with Crippen LogP contribution in [0, 0.1) is 0 Å². The zero-order chi connectivity index (χ0) is 15.1. The van der Waals surface area contributed by atoms with E-state index in [4.69, 9.17) is 10.5 Å². The fraction of sp³-hybridized carbons (Fsp3) is 0.688. The number of hydrogen-bond acceptors (Lipinski definition) is 5. The normalized spacial score (nSPS) is 21.3. The Morgan fingerprint density at radius 3 is 3.05 bits per heavy atom. The van der Waals surface area contributed by atoms with E-state index in [0.29, 0.717) is 5.82 Å². The quantitative estimate of drug-likeness (QED) is 0.802. The number of morpholine rings is 1. The minimum Gasteiger partial charge on any atom is -0.383 e. The Morgan fingerprint density at radius 1 is 1.48 bits per heavy atom. The van der Waals surface area contributed by atoms with Crippen molar-refractivity contribution in [2.75, 3.05) is 38.5 Å². The Bertz CT molecular complexity index is 424. The third kappa shape index (κ3) is 4.40. The molecule has 0 saturated carbocycles. The molecule has 0 aromatic carbocycles. The van der Waals surface area contributed by atoms with E-state index in [0.717, 1.165) is 44.8 Å². The summed E-state index contributed by atoms with van der Waals surface area (Å²) in [5, 5.41) is 3.59. The van der Waals surface area contributed by atoms with Crippen LogP contribution < -0.4 is 11.1 Å². The van der Waals surface area contributed by atoms with Gasteiger partial charge in [0.2, 0.25) is 0 Å². The maximum Gasteiger partial charge on any atom is 0.128 e. The Morgan fingerprint density at radius 2 is 2.33 bits per heavy atom. The number of ether oxygens (including phenoxy) is 1. The van der Waals surface area contributed by atoms with Crippen molar-refractivity contribution in [3.05, 3.63) is 23.9 Å². The van der Waals surface area contributed by atoms with Crippen LogP contribution in [0.5, 0.6) is 0 Å². The van der Waals surface area contributed by atoms with Crippen LogP contribution in [0.4, 0.5) is 5.82 Å². The van der Waals surface area contributed by atoms with Gasteiger partial charge in [-0.25, -0.2) is 4.98 Å². The van der Waals surface area contributed by atoms with Crippen molar-refractivity contribution in [2.24, 2.45) is 0 Å². The highest BCUT2D eigenvalue weighted by Crippen LogP contribution is 2.25. The number of anilines is 1. The van der Waals surface area contributed by atoms with Gasteiger partial charge in [0.05, 0.1) is 18.8 Å². The molecule has 3 N–H and O–H groups in total. The number of aromatic nitrogens is 1. The molecule has 2 unspecified atom stereocenters. The summed E-state index contributed by atoms with van der Waals surface area (Å²) < 4.78 is 6.04. The number of hydrogen-bond donors (Lipinski definition) is 2. The molecule has 1 saturated heterocycles. The summed E-state index contributed by atoms with van der Waals surface area (Å²) in [7, 11) is 0. The highest BCUT2D eigenvalue weighted by atomic mass is 16.5. The molecule has 0 radical (unpaired) electrons. The highest BCUT2D eigenvalue weighted by molar-refractivity contribution is 5.41. The molecule has 21 heavy (non-hydrogen) atoms. The van der Waals surface area contributed by atoms with Gasteiger partial charge in [0.15, 0.2) is 0 Å². The molecule has 1 aromatic heterocycles. The van der Waals surface area contributed by atoms with Crippen LogP contribution >= 0.6 is 0 Å². The fourth-order valence-electron chi connectivity index (χ4n) is 2.89. The van der Waals surface area contributed by atoms with E-state index in [2.05, 4.69) is 35.1 Å². The smallest absolute Gasteiger partial charge is 0.128 e. The standard InChI is InChI=1S/C16H28N4O/c1-3-7-18-15(13-6-5-8-19-16(13)17)14-12-20(9-4-2)10-11-21-14/h5-6,8,14-15,18H,3-4,7,9-12H2,1-2H3,(H2,17,19). The van der Waals surface area contributed by atoms with Crippen molar-refractivity contribution in [1.29, 1.82) is 0 Å². The molecule has 2 rings (SSSR count). The maximum absolute atomic E-state index is 6.07. The largest absolute Gasteiger partial charge is 0.383 e. The molecule has 0 bridgehead atoms. The van der Waals surface area contributed by atoms with Gasteiger partial charge in [0, 0.05) is 24.8 Å². The van der Waals surface area contributed by atoms with Crippen LogP contribution in [-0.2, 0) is 4.74 Å². The molecule has 0 amide bonds. The Balaban J connectivity index is 2.13. The van der Waals surface area contributed by atoms with Crippen molar-refractivity contribution in [3.63, 3.8) is 0 Å². The van der Waals surface area contributed by atoms with Gasteiger partial charge in [0.25, 0.3) is 0 Å². The van der Waals surface area contributed by atoms with Crippen molar-refractivity contribution >= 4 is 5.82 Å². The lowest BCUT2D eigenvalue weighted by atomic mass is 10.00. The predicted molar refractivity (Wildman–Crippen MR) is 86.2 cm³/mol.